The van der Waals surface area contributed by atoms with Crippen molar-refractivity contribution in [2.45, 2.75) is 12.8 Å². The minimum atomic E-state index is 0.520. The van der Waals surface area contributed by atoms with E-state index in [1.165, 1.54) is 43.4 Å². The Labute approximate surface area is 227 Å². The van der Waals surface area contributed by atoms with E-state index in [0.29, 0.717) is 18.7 Å². The lowest BCUT2D eigenvalue weighted by Gasteiger charge is -2.15. The molecule has 0 saturated carbocycles. The summed E-state index contributed by atoms with van der Waals surface area (Å²) in [6.45, 7) is 0. The number of anilines is 1. The predicted octanol–water partition coefficient (Wildman–Crippen LogP) is 8.37. The van der Waals surface area contributed by atoms with Gasteiger partial charge in [0.1, 0.15) is 11.6 Å². The number of benzene rings is 6. The van der Waals surface area contributed by atoms with Crippen molar-refractivity contribution in [2.75, 3.05) is 5.73 Å². The second-order valence-corrected chi connectivity index (χ2v) is 10.1. The highest BCUT2D eigenvalue weighted by Crippen LogP contribution is 2.33. The first-order valence-corrected chi connectivity index (χ1v) is 13.3. The number of nitrogens with zero attached hydrogens (tertiary/aromatic N) is 2. The minimum Gasteiger partial charge on any atom is -0.383 e. The van der Waals surface area contributed by atoms with Crippen LogP contribution in [-0.4, -0.2) is 9.97 Å². The molecule has 0 saturated heterocycles. The Hall–Kier alpha value is -5.02. The lowest BCUT2D eigenvalue weighted by Crippen LogP contribution is -2.08. The highest BCUT2D eigenvalue weighted by molar-refractivity contribution is 5.90. The number of fused-ring (bicyclic) bond motifs is 3. The molecule has 0 atom stereocenters. The van der Waals surface area contributed by atoms with Crippen molar-refractivity contribution in [1.29, 1.82) is 0 Å². The molecule has 3 heteroatoms. The Bertz CT molecular complexity index is 1990. The minimum absolute atomic E-state index is 0.520. The molecule has 1 aromatic heterocycles. The van der Waals surface area contributed by atoms with Gasteiger partial charge in [-0.05, 0) is 55.1 Å². The molecule has 0 fully saturated rings. The average Bonchev–Trinajstić information content (AvgIpc) is 2.97. The molecule has 39 heavy (non-hydrogen) atoms. The van der Waals surface area contributed by atoms with Crippen LogP contribution in [0.2, 0.25) is 0 Å². The van der Waals surface area contributed by atoms with Crippen LogP contribution in [0.5, 0.6) is 0 Å². The van der Waals surface area contributed by atoms with Crippen molar-refractivity contribution in [3.05, 3.63) is 150 Å². The van der Waals surface area contributed by atoms with Crippen molar-refractivity contribution >= 4 is 38.1 Å². The summed E-state index contributed by atoms with van der Waals surface area (Å²) < 4.78 is 0. The zero-order valence-corrected chi connectivity index (χ0v) is 21.5. The number of hydrogen-bond acceptors (Lipinski definition) is 3. The maximum absolute atomic E-state index is 6.74. The maximum Gasteiger partial charge on any atom is 0.135 e. The quantitative estimate of drug-likeness (QED) is 0.258. The SMILES string of the molecule is Nc1nc(Cc2ccc3ccccc3c2)nc(Cc2ccc3ccccc3c2)c1-c1ccc2ccccc2c1. The molecule has 0 radical (unpaired) electrons. The van der Waals surface area contributed by atoms with E-state index >= 15 is 0 Å². The second-order valence-electron chi connectivity index (χ2n) is 10.1. The Morgan fingerprint density at radius 2 is 0.949 bits per heavy atom. The van der Waals surface area contributed by atoms with Gasteiger partial charge in [-0.3, -0.25) is 0 Å². The van der Waals surface area contributed by atoms with E-state index in [1.807, 2.05) is 0 Å². The van der Waals surface area contributed by atoms with E-state index in [4.69, 9.17) is 15.7 Å². The second kappa shape index (κ2) is 9.70. The van der Waals surface area contributed by atoms with Crippen LogP contribution in [0.15, 0.2) is 127 Å². The summed E-state index contributed by atoms with van der Waals surface area (Å²) in [5.74, 6) is 1.26. The van der Waals surface area contributed by atoms with E-state index in [9.17, 15) is 0 Å². The monoisotopic (exact) mass is 501 g/mol. The van der Waals surface area contributed by atoms with E-state index in [1.54, 1.807) is 0 Å². The molecule has 0 bridgehead atoms. The van der Waals surface area contributed by atoms with Gasteiger partial charge in [0.05, 0.1) is 5.69 Å². The molecule has 0 unspecified atom stereocenters. The van der Waals surface area contributed by atoms with Gasteiger partial charge in [0.2, 0.25) is 0 Å². The Morgan fingerprint density at radius 3 is 1.54 bits per heavy atom. The normalized spacial score (nSPS) is 11.4. The van der Waals surface area contributed by atoms with Crippen LogP contribution in [0.3, 0.4) is 0 Å². The van der Waals surface area contributed by atoms with Crippen LogP contribution in [0, 0.1) is 0 Å². The summed E-state index contributed by atoms with van der Waals surface area (Å²) >= 11 is 0. The molecule has 7 rings (SSSR count). The zero-order chi connectivity index (χ0) is 26.2. The van der Waals surface area contributed by atoms with E-state index in [2.05, 4.69) is 127 Å². The summed E-state index contributed by atoms with van der Waals surface area (Å²) in [6, 6.07) is 44.9. The average molecular weight is 502 g/mol. The van der Waals surface area contributed by atoms with Crippen molar-refractivity contribution in [1.82, 2.24) is 9.97 Å². The van der Waals surface area contributed by atoms with Gasteiger partial charge in [-0.25, -0.2) is 9.97 Å². The van der Waals surface area contributed by atoms with Crippen molar-refractivity contribution in [3.63, 3.8) is 0 Å². The van der Waals surface area contributed by atoms with Crippen molar-refractivity contribution < 1.29 is 0 Å². The predicted molar refractivity (Wildman–Crippen MR) is 163 cm³/mol. The van der Waals surface area contributed by atoms with Crippen molar-refractivity contribution in [2.24, 2.45) is 0 Å². The molecule has 3 nitrogen and oxygen atoms in total. The van der Waals surface area contributed by atoms with Gasteiger partial charge in [0.15, 0.2) is 0 Å². The molecule has 0 amide bonds. The standard InChI is InChI=1S/C36H27N3/c37-36-35(32-18-17-28-9-3-6-12-31(28)23-32)33(21-24-13-15-26-7-1-4-10-29(26)19-24)38-34(39-36)22-25-14-16-27-8-2-5-11-30(27)20-25/h1-20,23H,21-22H2,(H2,37,38,39). The van der Waals surface area contributed by atoms with E-state index < -0.39 is 0 Å². The zero-order valence-electron chi connectivity index (χ0n) is 21.5. The Morgan fingerprint density at radius 1 is 0.462 bits per heavy atom. The number of nitrogens with two attached hydrogens (primary N) is 1. The molecule has 186 valence electrons. The molecule has 0 spiro atoms. The van der Waals surface area contributed by atoms with Crippen LogP contribution in [-0.2, 0) is 12.8 Å². The Kier molecular flexibility index (Phi) is 5.75. The summed E-state index contributed by atoms with van der Waals surface area (Å²) in [6.07, 6.45) is 1.29. The number of aromatic nitrogens is 2. The third-order valence-corrected chi connectivity index (χ3v) is 7.46. The van der Waals surface area contributed by atoms with Gasteiger partial charge < -0.3 is 5.73 Å². The fourth-order valence-corrected chi connectivity index (χ4v) is 5.52. The van der Waals surface area contributed by atoms with Gasteiger partial charge in [-0.1, -0.05) is 121 Å². The molecule has 0 aliphatic carbocycles. The first-order valence-electron chi connectivity index (χ1n) is 13.3. The van der Waals surface area contributed by atoms with Gasteiger partial charge in [-0.2, -0.15) is 0 Å². The molecule has 1 heterocycles. The van der Waals surface area contributed by atoms with Gasteiger partial charge in [0.25, 0.3) is 0 Å². The first-order chi connectivity index (χ1) is 19.2. The van der Waals surface area contributed by atoms with Crippen LogP contribution in [0.25, 0.3) is 43.4 Å². The molecular formula is C36H27N3. The van der Waals surface area contributed by atoms with Gasteiger partial charge in [0, 0.05) is 18.4 Å². The largest absolute Gasteiger partial charge is 0.383 e. The summed E-state index contributed by atoms with van der Waals surface area (Å²) in [5, 5.41) is 7.27. The molecule has 2 N–H and O–H groups in total. The number of rotatable bonds is 5. The van der Waals surface area contributed by atoms with Crippen LogP contribution < -0.4 is 5.73 Å². The summed E-state index contributed by atoms with van der Waals surface area (Å²) in [7, 11) is 0. The smallest absolute Gasteiger partial charge is 0.135 e. The topological polar surface area (TPSA) is 51.8 Å². The van der Waals surface area contributed by atoms with Crippen molar-refractivity contribution in [3.8, 4) is 11.1 Å². The molecule has 7 aromatic rings. The maximum atomic E-state index is 6.74. The van der Waals surface area contributed by atoms with E-state index in [0.717, 1.165) is 22.6 Å². The summed E-state index contributed by atoms with van der Waals surface area (Å²) in [4.78, 5) is 9.97. The number of nitrogen functional groups attached to an aromatic ring is 1. The van der Waals surface area contributed by atoms with Crippen LogP contribution in [0.1, 0.15) is 22.6 Å². The van der Waals surface area contributed by atoms with Crippen LogP contribution in [0.4, 0.5) is 5.82 Å². The summed E-state index contributed by atoms with van der Waals surface area (Å²) in [5.41, 5.74) is 12.0. The molecule has 0 aliphatic rings. The molecule has 0 aliphatic heterocycles. The highest BCUT2D eigenvalue weighted by atomic mass is 15.0. The third kappa shape index (κ3) is 4.60. The first kappa shape index (κ1) is 23.1. The lowest BCUT2D eigenvalue weighted by molar-refractivity contribution is 0.927. The fourth-order valence-electron chi connectivity index (χ4n) is 5.52. The van der Waals surface area contributed by atoms with Crippen LogP contribution >= 0.6 is 0 Å². The highest BCUT2D eigenvalue weighted by Gasteiger charge is 2.16. The third-order valence-electron chi connectivity index (χ3n) is 7.46. The fraction of sp³-hybridized carbons (Fsp3) is 0.0556. The Balaban J connectivity index is 1.34. The number of hydrogen-bond donors (Lipinski definition) is 1. The lowest BCUT2D eigenvalue weighted by atomic mass is 9.96. The van der Waals surface area contributed by atoms with E-state index in [-0.39, 0.29) is 0 Å². The van der Waals surface area contributed by atoms with Gasteiger partial charge >= 0.3 is 0 Å². The van der Waals surface area contributed by atoms with Gasteiger partial charge in [-0.15, -0.1) is 0 Å². The molecular weight excluding hydrogens is 474 g/mol. The molecule has 6 aromatic carbocycles.